The first kappa shape index (κ1) is 19.3. The van der Waals surface area contributed by atoms with Crippen LogP contribution in [0.5, 0.6) is 0 Å². The van der Waals surface area contributed by atoms with Gasteiger partial charge in [-0.1, -0.05) is 43.7 Å². The number of nitrogens with one attached hydrogen (secondary N) is 1. The van der Waals surface area contributed by atoms with Gasteiger partial charge in [-0.25, -0.2) is 18.1 Å². The van der Waals surface area contributed by atoms with Crippen molar-refractivity contribution in [1.29, 1.82) is 0 Å². The van der Waals surface area contributed by atoms with E-state index in [1.54, 1.807) is 19.1 Å². The van der Waals surface area contributed by atoms with Crippen LogP contribution in [0.3, 0.4) is 0 Å². The summed E-state index contributed by atoms with van der Waals surface area (Å²) in [6.07, 6.45) is 0. The maximum absolute atomic E-state index is 12.5. The van der Waals surface area contributed by atoms with Crippen LogP contribution in [0.1, 0.15) is 42.3 Å². The summed E-state index contributed by atoms with van der Waals surface area (Å²) in [7, 11) is -3.61. The smallest absolute Gasteiger partial charge is 0.240 e. The highest BCUT2D eigenvalue weighted by molar-refractivity contribution is 7.89. The Morgan fingerprint density at radius 2 is 1.63 bits per heavy atom. The predicted molar refractivity (Wildman–Crippen MR) is 106 cm³/mol. The number of aryl methyl sites for hydroxylation is 2. The maximum Gasteiger partial charge on any atom is 0.240 e. The molecule has 0 atom stereocenters. The van der Waals surface area contributed by atoms with E-state index in [4.69, 9.17) is 4.42 Å². The Balaban J connectivity index is 1.75. The van der Waals surface area contributed by atoms with Crippen molar-refractivity contribution in [1.82, 2.24) is 9.71 Å². The summed E-state index contributed by atoms with van der Waals surface area (Å²) in [6, 6.07) is 14.8. The molecule has 1 aromatic heterocycles. The van der Waals surface area contributed by atoms with Gasteiger partial charge in [0.25, 0.3) is 0 Å². The lowest BCUT2D eigenvalue weighted by atomic mass is 10.0. The van der Waals surface area contributed by atoms with Crippen molar-refractivity contribution >= 4 is 10.0 Å². The molecule has 0 aliphatic carbocycles. The summed E-state index contributed by atoms with van der Waals surface area (Å²) in [5.41, 5.74) is 3.69. The highest BCUT2D eigenvalue weighted by atomic mass is 32.2. The van der Waals surface area contributed by atoms with Gasteiger partial charge in [0.05, 0.1) is 17.1 Å². The molecule has 1 N–H and O–H groups in total. The van der Waals surface area contributed by atoms with Crippen LogP contribution in [0, 0.1) is 13.8 Å². The van der Waals surface area contributed by atoms with Gasteiger partial charge in [0.15, 0.2) is 0 Å². The molecule has 0 saturated carbocycles. The van der Waals surface area contributed by atoms with Crippen molar-refractivity contribution in [3.05, 3.63) is 71.1 Å². The second-order valence-corrected chi connectivity index (χ2v) is 8.70. The van der Waals surface area contributed by atoms with Gasteiger partial charge in [-0.2, -0.15) is 0 Å². The first-order valence-electron chi connectivity index (χ1n) is 8.89. The minimum Gasteiger partial charge on any atom is -0.441 e. The standard InChI is InChI=1S/C21H24N2O3S/c1-14(2)17-9-11-19(12-10-17)27(24,25)22-13-20-16(4)26-21(23-20)18-7-5-15(3)6-8-18/h5-12,14,22H,13H2,1-4H3. The van der Waals surface area contributed by atoms with Gasteiger partial charge in [0, 0.05) is 5.56 Å². The molecule has 0 unspecified atom stereocenters. The van der Waals surface area contributed by atoms with E-state index >= 15 is 0 Å². The van der Waals surface area contributed by atoms with Crippen LogP contribution in [-0.2, 0) is 16.6 Å². The van der Waals surface area contributed by atoms with Gasteiger partial charge in [-0.05, 0) is 49.6 Å². The number of rotatable bonds is 6. The van der Waals surface area contributed by atoms with Crippen LogP contribution in [-0.4, -0.2) is 13.4 Å². The second kappa shape index (κ2) is 7.66. The third-order valence-corrected chi connectivity index (χ3v) is 5.90. The van der Waals surface area contributed by atoms with Crippen molar-refractivity contribution in [3.63, 3.8) is 0 Å². The first-order chi connectivity index (χ1) is 12.8. The van der Waals surface area contributed by atoms with Gasteiger partial charge in [-0.15, -0.1) is 0 Å². The van der Waals surface area contributed by atoms with E-state index in [9.17, 15) is 8.42 Å². The third-order valence-electron chi connectivity index (χ3n) is 4.48. The van der Waals surface area contributed by atoms with Crippen molar-refractivity contribution in [2.24, 2.45) is 0 Å². The minimum atomic E-state index is -3.61. The lowest BCUT2D eigenvalue weighted by molar-refractivity contribution is 0.538. The molecule has 1 heterocycles. The Morgan fingerprint density at radius 1 is 1.00 bits per heavy atom. The fourth-order valence-corrected chi connectivity index (χ4v) is 3.68. The molecular weight excluding hydrogens is 360 g/mol. The van der Waals surface area contributed by atoms with Crippen molar-refractivity contribution in [2.45, 2.75) is 45.1 Å². The van der Waals surface area contributed by atoms with Gasteiger partial charge >= 0.3 is 0 Å². The summed E-state index contributed by atoms with van der Waals surface area (Å²) in [5.74, 6) is 1.44. The first-order valence-corrected chi connectivity index (χ1v) is 10.4. The van der Waals surface area contributed by atoms with Crippen molar-refractivity contribution < 1.29 is 12.8 Å². The van der Waals surface area contributed by atoms with E-state index in [2.05, 4.69) is 23.6 Å². The van der Waals surface area contributed by atoms with E-state index in [-0.39, 0.29) is 11.4 Å². The molecule has 5 nitrogen and oxygen atoms in total. The summed E-state index contributed by atoms with van der Waals surface area (Å²) in [5, 5.41) is 0. The Morgan fingerprint density at radius 3 is 2.22 bits per heavy atom. The van der Waals surface area contributed by atoms with Crippen LogP contribution in [0.4, 0.5) is 0 Å². The quantitative estimate of drug-likeness (QED) is 0.676. The minimum absolute atomic E-state index is 0.0788. The Hall–Kier alpha value is -2.44. The fourth-order valence-electron chi connectivity index (χ4n) is 2.69. The van der Waals surface area contributed by atoms with E-state index in [1.165, 1.54) is 0 Å². The molecule has 2 aromatic carbocycles. The molecule has 0 aliphatic heterocycles. The fraction of sp³-hybridized carbons (Fsp3) is 0.286. The largest absolute Gasteiger partial charge is 0.441 e. The predicted octanol–water partition coefficient (Wildman–Crippen LogP) is 4.56. The number of hydrogen-bond donors (Lipinski definition) is 1. The van der Waals surface area contributed by atoms with Crippen LogP contribution in [0.25, 0.3) is 11.5 Å². The highest BCUT2D eigenvalue weighted by Crippen LogP contribution is 2.23. The summed E-state index contributed by atoms with van der Waals surface area (Å²) >= 11 is 0. The molecule has 27 heavy (non-hydrogen) atoms. The lowest BCUT2D eigenvalue weighted by Crippen LogP contribution is -2.23. The Kier molecular flexibility index (Phi) is 5.48. The van der Waals surface area contributed by atoms with Gasteiger partial charge in [0.1, 0.15) is 5.76 Å². The van der Waals surface area contributed by atoms with Crippen LogP contribution < -0.4 is 4.72 Å². The average molecular weight is 385 g/mol. The van der Waals surface area contributed by atoms with Gasteiger partial charge in [0.2, 0.25) is 15.9 Å². The molecule has 0 amide bonds. The summed E-state index contributed by atoms with van der Waals surface area (Å²) in [6.45, 7) is 8.02. The normalized spacial score (nSPS) is 11.9. The zero-order chi connectivity index (χ0) is 19.6. The van der Waals surface area contributed by atoms with Crippen LogP contribution in [0.15, 0.2) is 57.8 Å². The SMILES string of the molecule is Cc1ccc(-c2nc(CNS(=O)(=O)c3ccc(C(C)C)cc3)c(C)o2)cc1. The molecule has 0 spiro atoms. The summed E-state index contributed by atoms with van der Waals surface area (Å²) in [4.78, 5) is 4.69. The molecule has 3 rings (SSSR count). The molecule has 0 bridgehead atoms. The van der Waals surface area contributed by atoms with E-state index < -0.39 is 10.0 Å². The van der Waals surface area contributed by atoms with Crippen molar-refractivity contribution in [2.75, 3.05) is 0 Å². The van der Waals surface area contributed by atoms with Crippen LogP contribution >= 0.6 is 0 Å². The number of sulfonamides is 1. The molecule has 6 heteroatoms. The number of oxazole rings is 1. The van der Waals surface area contributed by atoms with Crippen LogP contribution in [0.2, 0.25) is 0 Å². The molecule has 3 aromatic rings. The summed E-state index contributed by atoms with van der Waals surface area (Å²) < 4.78 is 33.4. The van der Waals surface area contributed by atoms with E-state index in [1.807, 2.05) is 43.3 Å². The average Bonchev–Trinajstić information content (AvgIpc) is 3.01. The van der Waals surface area contributed by atoms with E-state index in [0.717, 1.165) is 16.7 Å². The molecule has 0 radical (unpaired) electrons. The molecular formula is C21H24N2O3S. The molecule has 0 aliphatic rings. The van der Waals surface area contributed by atoms with E-state index in [0.29, 0.717) is 23.3 Å². The van der Waals surface area contributed by atoms with Gasteiger partial charge in [-0.3, -0.25) is 0 Å². The maximum atomic E-state index is 12.5. The topological polar surface area (TPSA) is 72.2 Å². The number of hydrogen-bond acceptors (Lipinski definition) is 4. The zero-order valence-electron chi connectivity index (χ0n) is 16.0. The Bertz CT molecular complexity index is 1020. The number of benzene rings is 2. The highest BCUT2D eigenvalue weighted by Gasteiger charge is 2.17. The molecule has 0 fully saturated rings. The molecule has 0 saturated heterocycles. The molecule has 142 valence electrons. The van der Waals surface area contributed by atoms with Crippen molar-refractivity contribution in [3.8, 4) is 11.5 Å². The van der Waals surface area contributed by atoms with Gasteiger partial charge < -0.3 is 4.42 Å². The number of aromatic nitrogens is 1. The number of nitrogens with zero attached hydrogens (tertiary/aromatic N) is 1. The lowest BCUT2D eigenvalue weighted by Gasteiger charge is -2.08. The Labute approximate surface area is 160 Å². The zero-order valence-corrected chi connectivity index (χ0v) is 16.8. The second-order valence-electron chi connectivity index (χ2n) is 6.94. The monoisotopic (exact) mass is 384 g/mol. The third kappa shape index (κ3) is 4.46.